The van der Waals surface area contributed by atoms with Gasteiger partial charge in [-0.3, -0.25) is 4.57 Å². The molecule has 1 N–H and O–H groups in total. The Hall–Kier alpha value is -2.76. The van der Waals surface area contributed by atoms with Gasteiger partial charge in [0, 0.05) is 6.20 Å². The molecule has 94 valence electrons. The second kappa shape index (κ2) is 4.16. The number of hydrogen-bond donors (Lipinski definition) is 1. The van der Waals surface area contributed by atoms with Gasteiger partial charge in [0.2, 0.25) is 0 Å². The topological polar surface area (TPSA) is 68.0 Å². The third-order valence-corrected chi connectivity index (χ3v) is 2.78. The molecule has 0 spiro atoms. The molecule has 3 rings (SSSR count). The molecule has 0 unspecified atom stereocenters. The van der Waals surface area contributed by atoms with Crippen LogP contribution < -0.4 is 0 Å². The minimum absolute atomic E-state index is 0.0754. The Labute approximate surface area is 107 Å². The zero-order valence-electron chi connectivity index (χ0n) is 9.62. The summed E-state index contributed by atoms with van der Waals surface area (Å²) < 4.78 is 15.6. The SMILES string of the molecule is O=C(O)c1ccnc(-n2cnc3ccccc32)c1F. The Morgan fingerprint density at radius 2 is 2.00 bits per heavy atom. The Kier molecular flexibility index (Phi) is 2.49. The van der Waals surface area contributed by atoms with Crippen molar-refractivity contribution in [1.82, 2.24) is 14.5 Å². The van der Waals surface area contributed by atoms with Crippen molar-refractivity contribution in [3.63, 3.8) is 0 Å². The predicted octanol–water partition coefficient (Wildman–Crippen LogP) is 2.26. The van der Waals surface area contributed by atoms with Gasteiger partial charge in [-0.15, -0.1) is 0 Å². The lowest BCUT2D eigenvalue weighted by Gasteiger charge is -2.06. The van der Waals surface area contributed by atoms with E-state index in [2.05, 4.69) is 9.97 Å². The third-order valence-electron chi connectivity index (χ3n) is 2.78. The molecule has 6 heteroatoms. The molecule has 0 saturated heterocycles. The van der Waals surface area contributed by atoms with Crippen molar-refractivity contribution in [1.29, 1.82) is 0 Å². The summed E-state index contributed by atoms with van der Waals surface area (Å²) in [6.07, 6.45) is 2.68. The van der Waals surface area contributed by atoms with E-state index in [1.807, 2.05) is 6.07 Å². The summed E-state index contributed by atoms with van der Waals surface area (Å²) in [7, 11) is 0. The molecule has 2 aromatic heterocycles. The predicted molar refractivity (Wildman–Crippen MR) is 65.8 cm³/mol. The molecule has 0 radical (unpaired) electrons. The zero-order chi connectivity index (χ0) is 13.4. The zero-order valence-corrected chi connectivity index (χ0v) is 9.62. The number of nitrogens with zero attached hydrogens (tertiary/aromatic N) is 3. The van der Waals surface area contributed by atoms with E-state index >= 15 is 0 Å². The fourth-order valence-electron chi connectivity index (χ4n) is 1.89. The Bertz CT molecular complexity index is 782. The van der Waals surface area contributed by atoms with Crippen molar-refractivity contribution in [2.45, 2.75) is 0 Å². The van der Waals surface area contributed by atoms with Crippen molar-refractivity contribution in [3.8, 4) is 5.82 Å². The number of para-hydroxylation sites is 2. The lowest BCUT2D eigenvalue weighted by molar-refractivity contribution is 0.0691. The third kappa shape index (κ3) is 1.74. The first-order valence-electron chi connectivity index (χ1n) is 5.49. The number of benzene rings is 1. The van der Waals surface area contributed by atoms with Crippen LogP contribution in [-0.2, 0) is 0 Å². The summed E-state index contributed by atoms with van der Waals surface area (Å²) in [5.41, 5.74) is 0.934. The van der Waals surface area contributed by atoms with Crippen LogP contribution in [0.5, 0.6) is 0 Å². The van der Waals surface area contributed by atoms with E-state index in [1.165, 1.54) is 17.1 Å². The van der Waals surface area contributed by atoms with Crippen molar-refractivity contribution in [2.24, 2.45) is 0 Å². The molecule has 0 aliphatic rings. The molecule has 5 nitrogen and oxygen atoms in total. The number of pyridine rings is 1. The van der Waals surface area contributed by atoms with Crippen LogP contribution in [0.3, 0.4) is 0 Å². The van der Waals surface area contributed by atoms with Crippen molar-refractivity contribution in [2.75, 3.05) is 0 Å². The maximum atomic E-state index is 14.1. The van der Waals surface area contributed by atoms with Crippen LogP contribution in [-0.4, -0.2) is 25.6 Å². The molecule has 19 heavy (non-hydrogen) atoms. The fourth-order valence-corrected chi connectivity index (χ4v) is 1.89. The summed E-state index contributed by atoms with van der Waals surface area (Å²) >= 11 is 0. The van der Waals surface area contributed by atoms with E-state index < -0.39 is 17.3 Å². The monoisotopic (exact) mass is 257 g/mol. The van der Waals surface area contributed by atoms with Gasteiger partial charge in [0.15, 0.2) is 11.6 Å². The van der Waals surface area contributed by atoms with E-state index in [0.29, 0.717) is 11.0 Å². The molecule has 2 heterocycles. The summed E-state index contributed by atoms with van der Waals surface area (Å²) in [5, 5.41) is 8.91. The Morgan fingerprint density at radius 1 is 1.21 bits per heavy atom. The average Bonchev–Trinajstić information content (AvgIpc) is 2.82. The number of carboxylic acid groups (broad SMARTS) is 1. The highest BCUT2D eigenvalue weighted by Crippen LogP contribution is 2.20. The number of carboxylic acids is 1. The number of carbonyl (C=O) groups is 1. The maximum absolute atomic E-state index is 14.1. The van der Waals surface area contributed by atoms with Gasteiger partial charge in [0.1, 0.15) is 11.9 Å². The number of fused-ring (bicyclic) bond motifs is 1. The van der Waals surface area contributed by atoms with Crippen molar-refractivity contribution in [3.05, 3.63) is 54.2 Å². The summed E-state index contributed by atoms with van der Waals surface area (Å²) in [5.74, 6) is -2.28. The van der Waals surface area contributed by atoms with Crippen molar-refractivity contribution >= 4 is 17.0 Å². The number of aromatic carboxylic acids is 1. The average molecular weight is 257 g/mol. The molecule has 0 amide bonds. The second-order valence-corrected chi connectivity index (χ2v) is 3.90. The smallest absolute Gasteiger partial charge is 0.338 e. The van der Waals surface area contributed by atoms with Gasteiger partial charge in [-0.1, -0.05) is 12.1 Å². The molecule has 0 aliphatic heterocycles. The van der Waals surface area contributed by atoms with Gasteiger partial charge in [-0.2, -0.15) is 0 Å². The van der Waals surface area contributed by atoms with Gasteiger partial charge in [0.25, 0.3) is 0 Å². The van der Waals surface area contributed by atoms with Gasteiger partial charge in [-0.25, -0.2) is 19.2 Å². The van der Waals surface area contributed by atoms with Crippen LogP contribution in [0.1, 0.15) is 10.4 Å². The molecule has 0 bridgehead atoms. The molecule has 1 aromatic carbocycles. The molecule has 0 fully saturated rings. The largest absolute Gasteiger partial charge is 0.478 e. The Balaban J connectivity index is 2.28. The highest BCUT2D eigenvalue weighted by molar-refractivity contribution is 5.88. The first-order chi connectivity index (χ1) is 9.18. The molecule has 0 saturated carbocycles. The van der Waals surface area contributed by atoms with Crippen molar-refractivity contribution < 1.29 is 14.3 Å². The van der Waals surface area contributed by atoms with Crippen LogP contribution in [0.4, 0.5) is 4.39 Å². The first kappa shape index (κ1) is 11.3. The number of hydrogen-bond acceptors (Lipinski definition) is 3. The van der Waals surface area contributed by atoms with E-state index in [0.717, 1.165) is 6.07 Å². The number of imidazole rings is 1. The lowest BCUT2D eigenvalue weighted by Crippen LogP contribution is -2.07. The summed E-state index contributed by atoms with van der Waals surface area (Å²) in [6.45, 7) is 0. The molecule has 3 aromatic rings. The van der Waals surface area contributed by atoms with Crippen LogP contribution in [0.15, 0.2) is 42.9 Å². The standard InChI is InChI=1S/C13H8FN3O2/c14-11-8(13(18)19)5-6-15-12(11)17-7-16-9-3-1-2-4-10(9)17/h1-7H,(H,18,19). The van der Waals surface area contributed by atoms with E-state index in [4.69, 9.17) is 5.11 Å². The second-order valence-electron chi connectivity index (χ2n) is 3.90. The van der Waals surface area contributed by atoms with E-state index in [1.54, 1.807) is 18.2 Å². The van der Waals surface area contributed by atoms with Crippen LogP contribution in [0, 0.1) is 5.82 Å². The molecule has 0 atom stereocenters. The first-order valence-corrected chi connectivity index (χ1v) is 5.49. The number of rotatable bonds is 2. The Morgan fingerprint density at radius 3 is 2.79 bits per heavy atom. The molecule has 0 aliphatic carbocycles. The van der Waals surface area contributed by atoms with Gasteiger partial charge in [-0.05, 0) is 18.2 Å². The number of halogens is 1. The minimum Gasteiger partial charge on any atom is -0.478 e. The van der Waals surface area contributed by atoms with Gasteiger partial charge >= 0.3 is 5.97 Å². The minimum atomic E-state index is -1.33. The van der Waals surface area contributed by atoms with Crippen LogP contribution >= 0.6 is 0 Å². The maximum Gasteiger partial charge on any atom is 0.338 e. The molecular formula is C13H8FN3O2. The van der Waals surface area contributed by atoms with E-state index in [9.17, 15) is 9.18 Å². The lowest BCUT2D eigenvalue weighted by atomic mass is 10.2. The van der Waals surface area contributed by atoms with E-state index in [-0.39, 0.29) is 5.82 Å². The summed E-state index contributed by atoms with van der Waals surface area (Å²) in [4.78, 5) is 18.9. The highest BCUT2D eigenvalue weighted by atomic mass is 19.1. The van der Waals surface area contributed by atoms with Crippen LogP contribution in [0.25, 0.3) is 16.9 Å². The summed E-state index contributed by atoms with van der Waals surface area (Å²) in [6, 6.07) is 8.28. The number of aromatic nitrogens is 3. The van der Waals surface area contributed by atoms with Gasteiger partial charge < -0.3 is 5.11 Å². The molecular weight excluding hydrogens is 249 g/mol. The normalized spacial score (nSPS) is 10.8. The van der Waals surface area contributed by atoms with Gasteiger partial charge in [0.05, 0.1) is 11.0 Å². The highest BCUT2D eigenvalue weighted by Gasteiger charge is 2.17. The van der Waals surface area contributed by atoms with Crippen LogP contribution in [0.2, 0.25) is 0 Å². The quantitative estimate of drug-likeness (QED) is 0.764. The fraction of sp³-hybridized carbons (Fsp3) is 0.